The van der Waals surface area contributed by atoms with Crippen LogP contribution in [0.2, 0.25) is 0 Å². The van der Waals surface area contributed by atoms with Gasteiger partial charge in [-0.15, -0.1) is 0 Å². The Hall–Kier alpha value is -3.43. The number of hydrogen-bond acceptors (Lipinski definition) is 7. The molecule has 5 rings (SSSR count). The average Bonchev–Trinajstić information content (AvgIpc) is 3.18. The molecular weight excluding hydrogens is 399 g/mol. The molecule has 2 atom stereocenters. The minimum absolute atomic E-state index is 0.0353. The first-order valence-electron chi connectivity index (χ1n) is 10.1. The van der Waals surface area contributed by atoms with Gasteiger partial charge in [-0.25, -0.2) is 19.5 Å². The molecule has 3 N–H and O–H groups in total. The molecule has 0 saturated carbocycles. The fourth-order valence-electron chi connectivity index (χ4n) is 4.26. The van der Waals surface area contributed by atoms with Crippen LogP contribution in [0.15, 0.2) is 53.8 Å². The molecule has 3 heterocycles. The van der Waals surface area contributed by atoms with Gasteiger partial charge in [-0.3, -0.25) is 9.79 Å². The van der Waals surface area contributed by atoms with Gasteiger partial charge in [0.25, 0.3) is 0 Å². The maximum atomic E-state index is 13.6. The number of aliphatic hydroxyl groups is 1. The largest absolute Gasteiger partial charge is 0.396 e. The lowest BCUT2D eigenvalue weighted by Gasteiger charge is -2.28. The molecule has 1 aromatic heterocycles. The number of nitrogens with zero attached hydrogens (tertiary/aromatic N) is 4. The minimum Gasteiger partial charge on any atom is -0.396 e. The van der Waals surface area contributed by atoms with Crippen LogP contribution >= 0.6 is 0 Å². The molecule has 0 spiro atoms. The molecule has 8 nitrogen and oxygen atoms in total. The van der Waals surface area contributed by atoms with Gasteiger partial charge >= 0.3 is 0 Å². The maximum absolute atomic E-state index is 13.6. The van der Waals surface area contributed by atoms with E-state index in [1.54, 1.807) is 16.8 Å². The summed E-state index contributed by atoms with van der Waals surface area (Å²) in [6, 6.07) is 11.5. The van der Waals surface area contributed by atoms with Crippen LogP contribution in [0.4, 0.5) is 10.1 Å². The summed E-state index contributed by atoms with van der Waals surface area (Å²) in [6.07, 6.45) is 2.01. The number of halogens is 1. The smallest absolute Gasteiger partial charge is 0.184 e. The Labute approximate surface area is 177 Å². The number of hydrazine groups is 1. The summed E-state index contributed by atoms with van der Waals surface area (Å²) in [7, 11) is 0. The number of benzene rings is 2. The fourth-order valence-corrected chi connectivity index (χ4v) is 4.26. The van der Waals surface area contributed by atoms with Crippen molar-refractivity contribution < 1.29 is 14.3 Å². The Kier molecular flexibility index (Phi) is 5.05. The summed E-state index contributed by atoms with van der Waals surface area (Å²) in [5, 5.41) is 13.6. The Balaban J connectivity index is 1.70. The predicted octanol–water partition coefficient (Wildman–Crippen LogP) is 2.24. The van der Waals surface area contributed by atoms with Crippen LogP contribution in [0, 0.1) is 5.82 Å². The number of carbonyl (C=O) groups is 1. The summed E-state index contributed by atoms with van der Waals surface area (Å²) in [5.74, 6) is -0.0928. The van der Waals surface area contributed by atoms with Crippen LogP contribution < -0.4 is 10.9 Å². The third kappa shape index (κ3) is 3.41. The number of aromatic nitrogens is 3. The average molecular weight is 420 g/mol. The fraction of sp³-hybridized carbons (Fsp3) is 0.273. The number of ketones is 1. The Morgan fingerprint density at radius 3 is 2.84 bits per heavy atom. The van der Waals surface area contributed by atoms with Gasteiger partial charge in [-0.2, -0.15) is 5.10 Å². The van der Waals surface area contributed by atoms with E-state index in [0.717, 1.165) is 22.5 Å². The summed E-state index contributed by atoms with van der Waals surface area (Å²) in [4.78, 5) is 21.8. The lowest BCUT2D eigenvalue weighted by atomic mass is 9.82. The zero-order chi connectivity index (χ0) is 21.4. The van der Waals surface area contributed by atoms with E-state index >= 15 is 0 Å². The standard InChI is InChI=1S/C22H21FN6O2/c23-14-7-5-13(6-8-14)20-19(22-25-12-26-29(22)9-2-10-30)21-18-15(17(31)11-24-21)3-1-4-16(18)27-28-20/h1,3-8,12,19-20,27-28,30H,2,9-11H2. The van der Waals surface area contributed by atoms with Crippen molar-refractivity contribution in [3.63, 3.8) is 0 Å². The number of aliphatic imine (C=N–C) groups is 1. The van der Waals surface area contributed by atoms with Gasteiger partial charge in [0.2, 0.25) is 0 Å². The van der Waals surface area contributed by atoms with E-state index in [4.69, 9.17) is 0 Å². The molecule has 0 aliphatic carbocycles. The second-order valence-corrected chi connectivity index (χ2v) is 7.55. The molecular formula is C22H21FN6O2. The second-order valence-electron chi connectivity index (χ2n) is 7.55. The van der Waals surface area contributed by atoms with Gasteiger partial charge in [-0.1, -0.05) is 24.3 Å². The van der Waals surface area contributed by atoms with E-state index in [2.05, 4.69) is 25.9 Å². The number of aryl methyl sites for hydroxylation is 1. The first kappa shape index (κ1) is 19.5. The summed E-state index contributed by atoms with van der Waals surface area (Å²) < 4.78 is 15.4. The number of Topliss-reactive ketones (excluding diaryl/α,β-unsaturated/α-hetero) is 1. The zero-order valence-corrected chi connectivity index (χ0v) is 16.6. The Morgan fingerprint density at radius 1 is 1.19 bits per heavy atom. The molecule has 158 valence electrons. The van der Waals surface area contributed by atoms with Crippen LogP contribution in [-0.2, 0) is 6.54 Å². The van der Waals surface area contributed by atoms with Crippen LogP contribution in [0.1, 0.15) is 45.7 Å². The summed E-state index contributed by atoms with van der Waals surface area (Å²) in [5.41, 5.74) is 10.2. The van der Waals surface area contributed by atoms with Crippen LogP contribution in [0.5, 0.6) is 0 Å². The van der Waals surface area contributed by atoms with Crippen molar-refractivity contribution in [1.29, 1.82) is 0 Å². The van der Waals surface area contributed by atoms with E-state index in [9.17, 15) is 14.3 Å². The minimum atomic E-state index is -0.394. The van der Waals surface area contributed by atoms with E-state index in [1.165, 1.54) is 18.5 Å². The summed E-state index contributed by atoms with van der Waals surface area (Å²) >= 11 is 0. The molecule has 2 aliphatic heterocycles. The van der Waals surface area contributed by atoms with Gasteiger partial charge in [0.05, 0.1) is 23.4 Å². The third-order valence-electron chi connectivity index (χ3n) is 5.69. The Bertz CT molecular complexity index is 1160. The predicted molar refractivity (Wildman–Crippen MR) is 113 cm³/mol. The molecule has 31 heavy (non-hydrogen) atoms. The highest BCUT2D eigenvalue weighted by Gasteiger charge is 2.40. The summed E-state index contributed by atoms with van der Waals surface area (Å²) in [6.45, 7) is 0.587. The van der Waals surface area contributed by atoms with Crippen molar-refractivity contribution in [2.75, 3.05) is 18.6 Å². The maximum Gasteiger partial charge on any atom is 0.184 e. The third-order valence-corrected chi connectivity index (χ3v) is 5.69. The molecule has 0 bridgehead atoms. The molecule has 0 saturated heterocycles. The number of aliphatic hydroxyl groups excluding tert-OH is 1. The number of nitrogens with one attached hydrogen (secondary N) is 2. The van der Waals surface area contributed by atoms with E-state index in [0.29, 0.717) is 24.4 Å². The van der Waals surface area contributed by atoms with Gasteiger partial charge < -0.3 is 10.5 Å². The quantitative estimate of drug-likeness (QED) is 0.585. The lowest BCUT2D eigenvalue weighted by molar-refractivity contribution is 0.1000. The van der Waals surface area contributed by atoms with Crippen molar-refractivity contribution in [2.45, 2.75) is 24.9 Å². The number of anilines is 1. The highest BCUT2D eigenvalue weighted by atomic mass is 19.1. The second kappa shape index (κ2) is 8.01. The molecule has 0 radical (unpaired) electrons. The molecule has 2 unspecified atom stereocenters. The van der Waals surface area contributed by atoms with E-state index < -0.39 is 5.92 Å². The highest BCUT2D eigenvalue weighted by molar-refractivity contribution is 6.20. The van der Waals surface area contributed by atoms with Crippen molar-refractivity contribution in [2.24, 2.45) is 4.99 Å². The molecule has 0 fully saturated rings. The zero-order valence-electron chi connectivity index (χ0n) is 16.6. The van der Waals surface area contributed by atoms with Crippen molar-refractivity contribution in [1.82, 2.24) is 20.2 Å². The van der Waals surface area contributed by atoms with Crippen LogP contribution in [0.3, 0.4) is 0 Å². The monoisotopic (exact) mass is 420 g/mol. The van der Waals surface area contributed by atoms with Gasteiger partial charge in [0.1, 0.15) is 24.5 Å². The number of hydrogen-bond donors (Lipinski definition) is 3. The van der Waals surface area contributed by atoms with Crippen molar-refractivity contribution >= 4 is 17.2 Å². The first-order chi connectivity index (χ1) is 15.2. The molecule has 0 amide bonds. The van der Waals surface area contributed by atoms with Gasteiger partial charge in [0.15, 0.2) is 5.78 Å². The SMILES string of the molecule is O=C1CN=C2c3c(cccc31)NNC(c1ccc(F)cc1)C2c1ncnn1CCCO. The van der Waals surface area contributed by atoms with Crippen LogP contribution in [0.25, 0.3) is 0 Å². The molecule has 3 aromatic rings. The van der Waals surface area contributed by atoms with Gasteiger partial charge in [-0.05, 0) is 30.2 Å². The first-order valence-corrected chi connectivity index (χ1v) is 10.1. The molecule has 2 aromatic carbocycles. The van der Waals surface area contributed by atoms with Crippen molar-refractivity contribution in [3.8, 4) is 0 Å². The topological polar surface area (TPSA) is 104 Å². The lowest BCUT2D eigenvalue weighted by Crippen LogP contribution is -2.35. The van der Waals surface area contributed by atoms with Crippen molar-refractivity contribution in [3.05, 3.63) is 77.1 Å². The highest BCUT2D eigenvalue weighted by Crippen LogP contribution is 2.40. The number of rotatable bonds is 5. The molecule has 2 aliphatic rings. The van der Waals surface area contributed by atoms with Crippen LogP contribution in [-0.4, -0.2) is 44.5 Å². The number of carbonyl (C=O) groups excluding carboxylic acids is 1. The Morgan fingerprint density at radius 2 is 2.03 bits per heavy atom. The van der Waals surface area contributed by atoms with Gasteiger partial charge in [0, 0.05) is 24.3 Å². The molecule has 9 heteroatoms. The normalized spacial score (nSPS) is 19.9. The van der Waals surface area contributed by atoms with E-state index in [-0.39, 0.29) is 30.8 Å². The van der Waals surface area contributed by atoms with E-state index in [1.807, 2.05) is 18.2 Å².